The van der Waals surface area contributed by atoms with Crippen molar-refractivity contribution in [2.75, 3.05) is 5.32 Å². The minimum absolute atomic E-state index is 0.107. The van der Waals surface area contributed by atoms with E-state index in [0.29, 0.717) is 33.1 Å². The fourth-order valence-electron chi connectivity index (χ4n) is 3.00. The van der Waals surface area contributed by atoms with Gasteiger partial charge in [-0.15, -0.1) is 0 Å². The van der Waals surface area contributed by atoms with Gasteiger partial charge >= 0.3 is 0 Å². The van der Waals surface area contributed by atoms with E-state index in [1.165, 1.54) is 0 Å². The van der Waals surface area contributed by atoms with E-state index in [4.69, 9.17) is 55.6 Å². The lowest BCUT2D eigenvalue weighted by molar-refractivity contribution is 0.0992. The first-order valence-electron chi connectivity index (χ1n) is 9.74. The molecule has 33 heavy (non-hydrogen) atoms. The molecule has 1 N–H and O–H groups in total. The number of rotatable bonds is 7. The maximum atomic E-state index is 12.6. The molecule has 170 valence electrons. The Morgan fingerprint density at radius 2 is 1.79 bits per heavy atom. The normalized spacial score (nSPS) is 10.9. The SMILES string of the molecule is Cc1cc(OCc2ccc(C(=O)Nc3nn(Cc4ccc(Cl)c(Cl)c4)cc3Cl)o2)ccc1Cl. The zero-order valence-electron chi connectivity index (χ0n) is 17.2. The average molecular weight is 525 g/mol. The van der Waals surface area contributed by atoms with Crippen molar-refractivity contribution in [3.05, 3.63) is 97.5 Å². The van der Waals surface area contributed by atoms with Crippen LogP contribution in [0.3, 0.4) is 0 Å². The number of carbonyl (C=O) groups is 1. The summed E-state index contributed by atoms with van der Waals surface area (Å²) in [6.07, 6.45) is 1.61. The quantitative estimate of drug-likeness (QED) is 0.276. The summed E-state index contributed by atoms with van der Waals surface area (Å²) < 4.78 is 12.9. The number of ether oxygens (including phenoxy) is 1. The van der Waals surface area contributed by atoms with Crippen molar-refractivity contribution in [3.8, 4) is 5.75 Å². The van der Waals surface area contributed by atoms with Gasteiger partial charge in [-0.05, 0) is 60.5 Å². The minimum atomic E-state index is -0.481. The van der Waals surface area contributed by atoms with E-state index in [1.807, 2.05) is 19.1 Å². The molecule has 0 spiro atoms. The van der Waals surface area contributed by atoms with E-state index in [-0.39, 0.29) is 23.2 Å². The van der Waals surface area contributed by atoms with Gasteiger partial charge in [0.05, 0.1) is 16.6 Å². The molecule has 0 aliphatic rings. The molecule has 0 fully saturated rings. The van der Waals surface area contributed by atoms with Crippen molar-refractivity contribution >= 4 is 58.1 Å². The van der Waals surface area contributed by atoms with Crippen LogP contribution in [0.4, 0.5) is 5.82 Å². The molecule has 2 heterocycles. The maximum absolute atomic E-state index is 12.6. The van der Waals surface area contributed by atoms with Crippen molar-refractivity contribution in [1.29, 1.82) is 0 Å². The Morgan fingerprint density at radius 1 is 1.00 bits per heavy atom. The monoisotopic (exact) mass is 523 g/mol. The Hall–Kier alpha value is -2.64. The zero-order valence-corrected chi connectivity index (χ0v) is 20.3. The fraction of sp³-hybridized carbons (Fsp3) is 0.130. The molecule has 0 unspecified atom stereocenters. The van der Waals surface area contributed by atoms with Gasteiger partial charge in [0.1, 0.15) is 23.1 Å². The van der Waals surface area contributed by atoms with E-state index in [1.54, 1.807) is 47.3 Å². The van der Waals surface area contributed by atoms with Gasteiger partial charge in [0.15, 0.2) is 11.6 Å². The number of furan rings is 1. The molecule has 2 aromatic heterocycles. The number of nitrogens with zero attached hydrogens (tertiary/aromatic N) is 2. The summed E-state index contributed by atoms with van der Waals surface area (Å²) >= 11 is 24.3. The van der Waals surface area contributed by atoms with E-state index >= 15 is 0 Å². The van der Waals surface area contributed by atoms with Gasteiger partial charge in [0.2, 0.25) is 0 Å². The van der Waals surface area contributed by atoms with Crippen LogP contribution in [-0.2, 0) is 13.2 Å². The molecule has 0 aliphatic carbocycles. The molecule has 10 heteroatoms. The molecule has 0 aliphatic heterocycles. The van der Waals surface area contributed by atoms with E-state index in [2.05, 4.69) is 10.4 Å². The highest BCUT2D eigenvalue weighted by atomic mass is 35.5. The van der Waals surface area contributed by atoms with Crippen molar-refractivity contribution in [2.45, 2.75) is 20.1 Å². The Labute approximate surface area is 210 Å². The van der Waals surface area contributed by atoms with E-state index < -0.39 is 5.91 Å². The largest absolute Gasteiger partial charge is 0.486 e. The first-order chi connectivity index (χ1) is 15.8. The van der Waals surface area contributed by atoms with E-state index in [9.17, 15) is 4.79 Å². The van der Waals surface area contributed by atoms with E-state index in [0.717, 1.165) is 11.1 Å². The summed E-state index contributed by atoms with van der Waals surface area (Å²) in [6.45, 7) is 2.45. The van der Waals surface area contributed by atoms with Crippen LogP contribution in [0.5, 0.6) is 5.75 Å². The predicted octanol–water partition coefficient (Wildman–Crippen LogP) is 7.28. The number of halogens is 4. The highest BCUT2D eigenvalue weighted by molar-refractivity contribution is 6.42. The van der Waals surface area contributed by atoms with Gasteiger partial charge in [-0.25, -0.2) is 0 Å². The first-order valence-corrected chi connectivity index (χ1v) is 11.3. The number of carbonyl (C=O) groups excluding carboxylic acids is 1. The summed E-state index contributed by atoms with van der Waals surface area (Å²) in [6, 6.07) is 13.9. The van der Waals surface area contributed by atoms with Crippen LogP contribution in [0.1, 0.15) is 27.4 Å². The Balaban J connectivity index is 1.37. The molecular formula is C23H17Cl4N3O3. The molecular weight excluding hydrogens is 508 g/mol. The molecule has 0 atom stereocenters. The summed E-state index contributed by atoms with van der Waals surface area (Å²) in [5.74, 6) is 0.983. The van der Waals surface area contributed by atoms with Crippen LogP contribution in [-0.4, -0.2) is 15.7 Å². The summed E-state index contributed by atoms with van der Waals surface area (Å²) in [4.78, 5) is 12.6. The van der Waals surface area contributed by atoms with Gasteiger partial charge in [-0.1, -0.05) is 52.5 Å². The number of aryl methyl sites for hydroxylation is 1. The van der Waals surface area contributed by atoms with Crippen molar-refractivity contribution in [2.24, 2.45) is 0 Å². The molecule has 4 rings (SSSR count). The third-order valence-corrected chi connectivity index (χ3v) is 6.11. The standard InChI is InChI=1S/C23H17Cl4N3O3/c1-13-8-15(3-6-17(13)24)32-12-16-4-7-21(33-16)23(31)28-22-20(27)11-30(29-22)10-14-2-5-18(25)19(26)9-14/h2-9,11H,10,12H2,1H3,(H,28,29,31). The first kappa shape index (κ1) is 23.5. The second-order valence-corrected chi connectivity index (χ2v) is 8.82. The van der Waals surface area contributed by atoms with Gasteiger partial charge in [-0.3, -0.25) is 9.48 Å². The number of nitrogens with one attached hydrogen (secondary N) is 1. The van der Waals surface area contributed by atoms with Crippen LogP contribution in [0.15, 0.2) is 59.1 Å². The molecule has 0 saturated heterocycles. The summed E-state index contributed by atoms with van der Waals surface area (Å²) in [5.41, 5.74) is 1.79. The number of benzene rings is 2. The number of aromatic nitrogens is 2. The zero-order chi connectivity index (χ0) is 23.5. The Morgan fingerprint density at radius 3 is 2.55 bits per heavy atom. The molecule has 2 aromatic carbocycles. The molecule has 6 nitrogen and oxygen atoms in total. The second kappa shape index (κ2) is 10.1. The smallest absolute Gasteiger partial charge is 0.292 e. The van der Waals surface area contributed by atoms with Crippen LogP contribution in [0.2, 0.25) is 20.1 Å². The lowest BCUT2D eigenvalue weighted by atomic mass is 10.2. The second-order valence-electron chi connectivity index (χ2n) is 7.19. The summed E-state index contributed by atoms with van der Waals surface area (Å²) in [5, 5.41) is 8.85. The van der Waals surface area contributed by atoms with Crippen LogP contribution in [0.25, 0.3) is 0 Å². The predicted molar refractivity (Wildman–Crippen MR) is 130 cm³/mol. The topological polar surface area (TPSA) is 69.3 Å². The molecule has 4 aromatic rings. The number of hydrogen-bond donors (Lipinski definition) is 1. The van der Waals surface area contributed by atoms with Gasteiger partial charge in [0, 0.05) is 11.2 Å². The molecule has 1 amide bonds. The average Bonchev–Trinajstić information content (AvgIpc) is 3.38. The third-order valence-electron chi connectivity index (χ3n) is 4.67. The highest BCUT2D eigenvalue weighted by Crippen LogP contribution is 2.25. The molecule has 0 radical (unpaired) electrons. The number of anilines is 1. The maximum Gasteiger partial charge on any atom is 0.292 e. The van der Waals surface area contributed by atoms with Gasteiger partial charge in [-0.2, -0.15) is 5.10 Å². The third kappa shape index (κ3) is 5.84. The Bertz CT molecular complexity index is 1320. The number of hydrogen-bond acceptors (Lipinski definition) is 4. The lowest BCUT2D eigenvalue weighted by Gasteiger charge is -2.06. The van der Waals surface area contributed by atoms with Crippen LogP contribution < -0.4 is 10.1 Å². The number of amides is 1. The Kier molecular flexibility index (Phi) is 7.20. The van der Waals surface area contributed by atoms with Crippen LogP contribution >= 0.6 is 46.4 Å². The van der Waals surface area contributed by atoms with Crippen molar-refractivity contribution < 1.29 is 13.9 Å². The molecule has 0 saturated carbocycles. The van der Waals surface area contributed by atoms with Gasteiger partial charge in [0.25, 0.3) is 5.91 Å². The highest BCUT2D eigenvalue weighted by Gasteiger charge is 2.16. The van der Waals surface area contributed by atoms with Crippen molar-refractivity contribution in [3.63, 3.8) is 0 Å². The fourth-order valence-corrected chi connectivity index (χ4v) is 3.63. The molecule has 0 bridgehead atoms. The van der Waals surface area contributed by atoms with Gasteiger partial charge < -0.3 is 14.5 Å². The van der Waals surface area contributed by atoms with Crippen LogP contribution in [0, 0.1) is 6.92 Å². The summed E-state index contributed by atoms with van der Waals surface area (Å²) in [7, 11) is 0. The van der Waals surface area contributed by atoms with Crippen molar-refractivity contribution in [1.82, 2.24) is 9.78 Å². The minimum Gasteiger partial charge on any atom is -0.486 e. The lowest BCUT2D eigenvalue weighted by Crippen LogP contribution is -2.12.